The van der Waals surface area contributed by atoms with E-state index in [1.807, 2.05) is 35.2 Å². The zero-order chi connectivity index (χ0) is 12.1. The maximum atomic E-state index is 11.9. The van der Waals surface area contributed by atoms with Gasteiger partial charge in [-0.25, -0.2) is 0 Å². The van der Waals surface area contributed by atoms with Crippen LogP contribution in [0, 0.1) is 0 Å². The number of amides is 1. The van der Waals surface area contributed by atoms with Crippen LogP contribution in [0.1, 0.15) is 24.8 Å². The van der Waals surface area contributed by atoms with Gasteiger partial charge in [-0.2, -0.15) is 0 Å². The van der Waals surface area contributed by atoms with E-state index < -0.39 is 0 Å². The molecule has 1 aliphatic rings. The van der Waals surface area contributed by atoms with E-state index in [2.05, 4.69) is 15.9 Å². The molecule has 2 rings (SSSR count). The first-order chi connectivity index (χ1) is 8.27. The standard InChI is InChI=1S/C14H16BrNO/c15-13-7-3-2-6-12(13)8-9-14(17)16-10-4-1-5-11-16/h2-3,6-9H,1,4-5,10-11H2/b9-8+. The average molecular weight is 294 g/mol. The first kappa shape index (κ1) is 12.4. The van der Waals surface area contributed by atoms with Crippen molar-refractivity contribution in [1.82, 2.24) is 4.90 Å². The second kappa shape index (κ2) is 6.01. The average Bonchev–Trinajstić information content (AvgIpc) is 2.38. The van der Waals surface area contributed by atoms with E-state index in [0.717, 1.165) is 36.0 Å². The van der Waals surface area contributed by atoms with E-state index >= 15 is 0 Å². The Balaban J connectivity index is 2.00. The van der Waals surface area contributed by atoms with E-state index in [9.17, 15) is 4.79 Å². The van der Waals surface area contributed by atoms with Crippen LogP contribution in [-0.2, 0) is 4.79 Å². The number of carbonyl (C=O) groups excluding carboxylic acids is 1. The van der Waals surface area contributed by atoms with Crippen LogP contribution >= 0.6 is 15.9 Å². The van der Waals surface area contributed by atoms with E-state index in [1.165, 1.54) is 6.42 Å². The van der Waals surface area contributed by atoms with Crippen molar-refractivity contribution in [3.63, 3.8) is 0 Å². The summed E-state index contributed by atoms with van der Waals surface area (Å²) in [6, 6.07) is 7.90. The number of benzene rings is 1. The molecule has 3 heteroatoms. The quantitative estimate of drug-likeness (QED) is 0.765. The van der Waals surface area contributed by atoms with Crippen molar-refractivity contribution in [3.8, 4) is 0 Å². The smallest absolute Gasteiger partial charge is 0.246 e. The van der Waals surface area contributed by atoms with Crippen LogP contribution in [0.2, 0.25) is 0 Å². The van der Waals surface area contributed by atoms with Gasteiger partial charge in [0.1, 0.15) is 0 Å². The van der Waals surface area contributed by atoms with Crippen LogP contribution in [-0.4, -0.2) is 23.9 Å². The summed E-state index contributed by atoms with van der Waals surface area (Å²) in [6.45, 7) is 1.80. The molecule has 1 aromatic rings. The molecule has 1 fully saturated rings. The zero-order valence-corrected chi connectivity index (χ0v) is 11.3. The topological polar surface area (TPSA) is 20.3 Å². The molecule has 1 aromatic carbocycles. The van der Waals surface area contributed by atoms with Gasteiger partial charge in [0.05, 0.1) is 0 Å². The molecule has 90 valence electrons. The Bertz CT molecular complexity index is 422. The summed E-state index contributed by atoms with van der Waals surface area (Å²) in [5, 5.41) is 0. The lowest BCUT2D eigenvalue weighted by Crippen LogP contribution is -2.34. The van der Waals surface area contributed by atoms with Crippen LogP contribution in [0.4, 0.5) is 0 Å². The Hall–Kier alpha value is -1.09. The number of piperidine rings is 1. The van der Waals surface area contributed by atoms with Crippen LogP contribution in [0.3, 0.4) is 0 Å². The third-order valence-electron chi connectivity index (χ3n) is 2.98. The molecule has 0 aliphatic carbocycles. The molecule has 1 amide bonds. The van der Waals surface area contributed by atoms with Gasteiger partial charge < -0.3 is 4.90 Å². The summed E-state index contributed by atoms with van der Waals surface area (Å²) >= 11 is 3.47. The van der Waals surface area contributed by atoms with Gasteiger partial charge in [0.2, 0.25) is 5.91 Å². The van der Waals surface area contributed by atoms with E-state index in [0.29, 0.717) is 0 Å². The Kier molecular flexibility index (Phi) is 4.37. The van der Waals surface area contributed by atoms with Crippen molar-refractivity contribution < 1.29 is 4.79 Å². The summed E-state index contributed by atoms with van der Waals surface area (Å²) in [6.07, 6.45) is 7.06. The molecule has 0 atom stereocenters. The summed E-state index contributed by atoms with van der Waals surface area (Å²) in [5.41, 5.74) is 1.04. The highest BCUT2D eigenvalue weighted by Crippen LogP contribution is 2.17. The van der Waals surface area contributed by atoms with Crippen molar-refractivity contribution in [2.24, 2.45) is 0 Å². The number of nitrogens with zero attached hydrogens (tertiary/aromatic N) is 1. The predicted molar refractivity (Wildman–Crippen MR) is 73.6 cm³/mol. The Morgan fingerprint density at radius 3 is 2.59 bits per heavy atom. The second-order valence-electron chi connectivity index (χ2n) is 4.24. The van der Waals surface area contributed by atoms with Gasteiger partial charge in [0.15, 0.2) is 0 Å². The molecular weight excluding hydrogens is 278 g/mol. The van der Waals surface area contributed by atoms with Gasteiger partial charge in [0, 0.05) is 23.6 Å². The van der Waals surface area contributed by atoms with Crippen LogP contribution < -0.4 is 0 Å². The van der Waals surface area contributed by atoms with Gasteiger partial charge >= 0.3 is 0 Å². The Morgan fingerprint density at radius 2 is 1.88 bits per heavy atom. The molecule has 0 aromatic heterocycles. The lowest BCUT2D eigenvalue weighted by Gasteiger charge is -2.25. The maximum absolute atomic E-state index is 11.9. The molecular formula is C14H16BrNO. The highest BCUT2D eigenvalue weighted by molar-refractivity contribution is 9.10. The highest BCUT2D eigenvalue weighted by atomic mass is 79.9. The Morgan fingerprint density at radius 1 is 1.18 bits per heavy atom. The molecule has 17 heavy (non-hydrogen) atoms. The van der Waals surface area contributed by atoms with Crippen molar-refractivity contribution in [2.45, 2.75) is 19.3 Å². The van der Waals surface area contributed by atoms with Crippen molar-refractivity contribution in [3.05, 3.63) is 40.4 Å². The number of rotatable bonds is 2. The molecule has 1 saturated heterocycles. The zero-order valence-electron chi connectivity index (χ0n) is 9.73. The third-order valence-corrected chi connectivity index (χ3v) is 3.70. The first-order valence-corrected chi connectivity index (χ1v) is 6.78. The summed E-state index contributed by atoms with van der Waals surface area (Å²) in [7, 11) is 0. The molecule has 0 N–H and O–H groups in total. The molecule has 1 aliphatic heterocycles. The number of carbonyl (C=O) groups is 1. The molecule has 0 saturated carbocycles. The van der Waals surface area contributed by atoms with E-state index in [1.54, 1.807) is 6.08 Å². The lowest BCUT2D eigenvalue weighted by molar-refractivity contribution is -0.126. The van der Waals surface area contributed by atoms with E-state index in [-0.39, 0.29) is 5.91 Å². The molecule has 0 bridgehead atoms. The van der Waals surface area contributed by atoms with Crippen molar-refractivity contribution >= 4 is 27.9 Å². The van der Waals surface area contributed by atoms with Crippen LogP contribution in [0.25, 0.3) is 6.08 Å². The summed E-state index contributed by atoms with van der Waals surface area (Å²) in [5.74, 6) is 0.125. The first-order valence-electron chi connectivity index (χ1n) is 5.99. The van der Waals surface area contributed by atoms with Gasteiger partial charge in [-0.1, -0.05) is 34.1 Å². The minimum Gasteiger partial charge on any atom is -0.339 e. The largest absolute Gasteiger partial charge is 0.339 e. The molecule has 2 nitrogen and oxygen atoms in total. The summed E-state index contributed by atoms with van der Waals surface area (Å²) in [4.78, 5) is 13.8. The van der Waals surface area contributed by atoms with Crippen molar-refractivity contribution in [1.29, 1.82) is 0 Å². The predicted octanol–water partition coefficient (Wildman–Crippen LogP) is 3.47. The van der Waals surface area contributed by atoms with Gasteiger partial charge in [-0.3, -0.25) is 4.79 Å². The van der Waals surface area contributed by atoms with Crippen molar-refractivity contribution in [2.75, 3.05) is 13.1 Å². The Labute approximate surface area is 110 Å². The number of hydrogen-bond donors (Lipinski definition) is 0. The molecule has 0 unspecified atom stereocenters. The monoisotopic (exact) mass is 293 g/mol. The fraction of sp³-hybridized carbons (Fsp3) is 0.357. The van der Waals surface area contributed by atoms with Crippen LogP contribution in [0.15, 0.2) is 34.8 Å². The van der Waals surface area contributed by atoms with Gasteiger partial charge in [-0.15, -0.1) is 0 Å². The highest BCUT2D eigenvalue weighted by Gasteiger charge is 2.13. The SMILES string of the molecule is O=C(/C=C/c1ccccc1Br)N1CCCCC1. The number of halogens is 1. The third kappa shape index (κ3) is 3.43. The number of likely N-dealkylation sites (tertiary alicyclic amines) is 1. The normalized spacial score (nSPS) is 16.4. The fourth-order valence-corrected chi connectivity index (χ4v) is 2.41. The van der Waals surface area contributed by atoms with Crippen LogP contribution in [0.5, 0.6) is 0 Å². The van der Waals surface area contributed by atoms with Gasteiger partial charge in [0.25, 0.3) is 0 Å². The van der Waals surface area contributed by atoms with E-state index in [4.69, 9.17) is 0 Å². The molecule has 0 spiro atoms. The fourth-order valence-electron chi connectivity index (χ4n) is 1.99. The second-order valence-corrected chi connectivity index (χ2v) is 5.10. The summed E-state index contributed by atoms with van der Waals surface area (Å²) < 4.78 is 1.02. The molecule has 0 radical (unpaired) electrons. The lowest BCUT2D eigenvalue weighted by atomic mass is 10.1. The minimum atomic E-state index is 0.125. The minimum absolute atomic E-state index is 0.125. The van der Waals surface area contributed by atoms with Gasteiger partial charge in [-0.05, 0) is 37.0 Å². The molecule has 1 heterocycles. The number of hydrogen-bond acceptors (Lipinski definition) is 1. The maximum Gasteiger partial charge on any atom is 0.246 e.